The van der Waals surface area contributed by atoms with Gasteiger partial charge in [-0.15, -0.1) is 0 Å². The second-order valence-electron chi connectivity index (χ2n) is 8.30. The van der Waals surface area contributed by atoms with Gasteiger partial charge in [-0.1, -0.05) is 12.1 Å². The maximum absolute atomic E-state index is 11.2. The highest BCUT2D eigenvalue weighted by Crippen LogP contribution is 2.61. The number of carbonyl (C=O) groups excluding carboxylic acids is 1. The van der Waals surface area contributed by atoms with E-state index in [4.69, 9.17) is 14.2 Å². The molecule has 0 aromatic heterocycles. The van der Waals surface area contributed by atoms with Crippen molar-refractivity contribution in [1.29, 1.82) is 0 Å². The first kappa shape index (κ1) is 17.0. The van der Waals surface area contributed by atoms with Crippen LogP contribution in [0.3, 0.4) is 0 Å². The standard InChI is InChI=1S/C21H28O4/c1-14(23-2)24-13-25-20-8-15(12-22)3-4-19(20)21-9-16-5-17(10-21)7-18(6-16)11-21/h3-4,8,12,14,16-18H,5-7,9-11,13H2,1-2H3. The quantitative estimate of drug-likeness (QED) is 0.546. The maximum Gasteiger partial charge on any atom is 0.191 e. The molecule has 0 spiro atoms. The van der Waals surface area contributed by atoms with Crippen molar-refractivity contribution in [2.24, 2.45) is 17.8 Å². The van der Waals surface area contributed by atoms with Gasteiger partial charge in [0.15, 0.2) is 13.1 Å². The Hall–Kier alpha value is -1.39. The zero-order valence-electron chi connectivity index (χ0n) is 15.2. The van der Waals surface area contributed by atoms with Crippen molar-refractivity contribution in [3.63, 3.8) is 0 Å². The second kappa shape index (κ2) is 6.73. The molecule has 4 heteroatoms. The minimum atomic E-state index is -0.308. The Morgan fingerprint density at radius 3 is 2.36 bits per heavy atom. The topological polar surface area (TPSA) is 44.8 Å². The normalized spacial score (nSPS) is 34.1. The largest absolute Gasteiger partial charge is 0.467 e. The number of rotatable bonds is 7. The van der Waals surface area contributed by atoms with Gasteiger partial charge < -0.3 is 14.2 Å². The lowest BCUT2D eigenvalue weighted by atomic mass is 9.48. The average molecular weight is 344 g/mol. The SMILES string of the molecule is COC(C)OCOc1cc(C=O)ccc1C12CC3CC(CC(C3)C1)C2. The third-order valence-corrected chi connectivity index (χ3v) is 6.60. The van der Waals surface area contributed by atoms with Crippen LogP contribution in [0.5, 0.6) is 5.75 Å². The lowest BCUT2D eigenvalue weighted by Crippen LogP contribution is -2.48. The summed E-state index contributed by atoms with van der Waals surface area (Å²) in [6.07, 6.45) is 8.62. The van der Waals surface area contributed by atoms with Crippen LogP contribution in [0, 0.1) is 17.8 Å². The summed E-state index contributed by atoms with van der Waals surface area (Å²) in [5.74, 6) is 3.42. The molecule has 4 aliphatic carbocycles. The van der Waals surface area contributed by atoms with E-state index in [1.807, 2.05) is 19.1 Å². The highest BCUT2D eigenvalue weighted by molar-refractivity contribution is 5.76. The third kappa shape index (κ3) is 3.22. The molecule has 0 heterocycles. The molecule has 4 saturated carbocycles. The number of benzene rings is 1. The highest BCUT2D eigenvalue weighted by Gasteiger charge is 2.52. The van der Waals surface area contributed by atoms with Crippen molar-refractivity contribution < 1.29 is 19.0 Å². The Labute approximate surface area is 149 Å². The van der Waals surface area contributed by atoms with E-state index < -0.39 is 0 Å². The van der Waals surface area contributed by atoms with Crippen LogP contribution in [0.25, 0.3) is 0 Å². The Kier molecular flexibility index (Phi) is 4.59. The Morgan fingerprint density at radius 2 is 1.80 bits per heavy atom. The molecule has 1 unspecified atom stereocenters. The van der Waals surface area contributed by atoms with Crippen LogP contribution in [0.15, 0.2) is 18.2 Å². The average Bonchev–Trinajstić information content (AvgIpc) is 2.60. The van der Waals surface area contributed by atoms with Gasteiger partial charge in [-0.2, -0.15) is 0 Å². The van der Waals surface area contributed by atoms with E-state index in [1.54, 1.807) is 7.11 Å². The van der Waals surface area contributed by atoms with E-state index in [0.29, 0.717) is 5.56 Å². The van der Waals surface area contributed by atoms with Crippen LogP contribution in [0.4, 0.5) is 0 Å². The van der Waals surface area contributed by atoms with Crippen molar-refractivity contribution in [1.82, 2.24) is 0 Å². The number of aldehydes is 1. The van der Waals surface area contributed by atoms with Gasteiger partial charge in [-0.05, 0) is 74.7 Å². The van der Waals surface area contributed by atoms with Crippen molar-refractivity contribution in [2.75, 3.05) is 13.9 Å². The van der Waals surface area contributed by atoms with Gasteiger partial charge in [0.25, 0.3) is 0 Å². The van der Waals surface area contributed by atoms with Gasteiger partial charge in [0.2, 0.25) is 0 Å². The van der Waals surface area contributed by atoms with Crippen molar-refractivity contribution in [3.8, 4) is 5.75 Å². The van der Waals surface area contributed by atoms with Gasteiger partial charge in [-0.25, -0.2) is 0 Å². The summed E-state index contributed by atoms with van der Waals surface area (Å²) in [4.78, 5) is 11.2. The third-order valence-electron chi connectivity index (χ3n) is 6.60. The molecule has 4 fully saturated rings. The first-order valence-electron chi connectivity index (χ1n) is 9.49. The Bertz CT molecular complexity index is 603. The van der Waals surface area contributed by atoms with Gasteiger partial charge in [0.1, 0.15) is 12.0 Å². The van der Waals surface area contributed by atoms with Crippen LogP contribution in [-0.4, -0.2) is 26.5 Å². The van der Waals surface area contributed by atoms with Crippen LogP contribution < -0.4 is 4.74 Å². The van der Waals surface area contributed by atoms with Gasteiger partial charge in [0.05, 0.1) is 0 Å². The monoisotopic (exact) mass is 344 g/mol. The number of ether oxygens (including phenoxy) is 3. The van der Waals surface area contributed by atoms with Gasteiger partial charge >= 0.3 is 0 Å². The molecule has 4 aliphatic rings. The lowest BCUT2D eigenvalue weighted by Gasteiger charge is -2.57. The first-order chi connectivity index (χ1) is 12.1. The summed E-state index contributed by atoms with van der Waals surface area (Å²) < 4.78 is 16.6. The zero-order chi connectivity index (χ0) is 17.4. The van der Waals surface area contributed by atoms with Gasteiger partial charge in [-0.3, -0.25) is 4.79 Å². The predicted molar refractivity (Wildman–Crippen MR) is 94.7 cm³/mol. The van der Waals surface area contributed by atoms with Crippen LogP contribution in [-0.2, 0) is 14.9 Å². The van der Waals surface area contributed by atoms with E-state index in [-0.39, 0.29) is 18.5 Å². The fraction of sp³-hybridized carbons (Fsp3) is 0.667. The molecule has 0 radical (unpaired) electrons. The summed E-state index contributed by atoms with van der Waals surface area (Å²) in [5, 5.41) is 0. The van der Waals surface area contributed by atoms with Crippen molar-refractivity contribution in [3.05, 3.63) is 29.3 Å². The Morgan fingerprint density at radius 1 is 1.16 bits per heavy atom. The maximum atomic E-state index is 11.2. The number of hydrogen-bond acceptors (Lipinski definition) is 4. The molecule has 0 aliphatic heterocycles. The fourth-order valence-electron chi connectivity index (χ4n) is 5.87. The van der Waals surface area contributed by atoms with Crippen molar-refractivity contribution in [2.45, 2.75) is 57.2 Å². The summed E-state index contributed by atoms with van der Waals surface area (Å²) >= 11 is 0. The lowest BCUT2D eigenvalue weighted by molar-refractivity contribution is -0.150. The molecular formula is C21H28O4. The van der Waals surface area contributed by atoms with E-state index >= 15 is 0 Å². The summed E-state index contributed by atoms with van der Waals surface area (Å²) in [7, 11) is 1.61. The van der Waals surface area contributed by atoms with Crippen LogP contribution in [0.2, 0.25) is 0 Å². The van der Waals surface area contributed by atoms with Crippen LogP contribution >= 0.6 is 0 Å². The second-order valence-corrected chi connectivity index (χ2v) is 8.30. The smallest absolute Gasteiger partial charge is 0.191 e. The van der Waals surface area contributed by atoms with Crippen molar-refractivity contribution >= 4 is 6.29 Å². The highest BCUT2D eigenvalue weighted by atomic mass is 16.7. The van der Waals surface area contributed by atoms with E-state index in [0.717, 1.165) is 29.8 Å². The molecule has 1 aromatic carbocycles. The molecule has 136 valence electrons. The Balaban J connectivity index is 1.61. The molecule has 0 amide bonds. The minimum absolute atomic E-state index is 0.136. The predicted octanol–water partition coefficient (Wildman–Crippen LogP) is 4.31. The molecule has 1 aromatic rings. The summed E-state index contributed by atoms with van der Waals surface area (Å²) in [5.41, 5.74) is 2.17. The van der Waals surface area contributed by atoms with Crippen LogP contribution in [0.1, 0.15) is 61.4 Å². The molecular weight excluding hydrogens is 316 g/mol. The van der Waals surface area contributed by atoms with E-state index in [2.05, 4.69) is 6.07 Å². The fourth-order valence-corrected chi connectivity index (χ4v) is 5.87. The number of hydrogen-bond donors (Lipinski definition) is 0. The number of carbonyl (C=O) groups is 1. The molecule has 25 heavy (non-hydrogen) atoms. The van der Waals surface area contributed by atoms with E-state index in [9.17, 15) is 4.79 Å². The number of methoxy groups -OCH3 is 1. The molecule has 0 N–H and O–H groups in total. The van der Waals surface area contributed by atoms with E-state index in [1.165, 1.54) is 44.1 Å². The minimum Gasteiger partial charge on any atom is -0.467 e. The summed E-state index contributed by atoms with van der Waals surface area (Å²) in [6, 6.07) is 5.94. The summed E-state index contributed by atoms with van der Waals surface area (Å²) in [6.45, 7) is 1.97. The molecule has 4 nitrogen and oxygen atoms in total. The molecule has 1 atom stereocenters. The molecule has 0 saturated heterocycles. The van der Waals surface area contributed by atoms with Gasteiger partial charge in [0, 0.05) is 18.2 Å². The zero-order valence-corrected chi connectivity index (χ0v) is 15.2. The molecule has 4 bridgehead atoms. The molecule has 5 rings (SSSR count). The first-order valence-corrected chi connectivity index (χ1v) is 9.49.